The lowest BCUT2D eigenvalue weighted by molar-refractivity contribution is -0.122. The predicted octanol–water partition coefficient (Wildman–Crippen LogP) is 2.52. The number of aromatic nitrogens is 1. The van der Waals surface area contributed by atoms with Crippen molar-refractivity contribution in [3.63, 3.8) is 0 Å². The van der Waals surface area contributed by atoms with Crippen LogP contribution in [0.5, 0.6) is 0 Å². The topological polar surface area (TPSA) is 65.1 Å². The van der Waals surface area contributed by atoms with Crippen molar-refractivity contribution in [1.82, 2.24) is 10.3 Å². The van der Waals surface area contributed by atoms with Crippen LogP contribution in [-0.4, -0.2) is 28.6 Å². The molecule has 0 aliphatic heterocycles. The fraction of sp³-hybridized carbons (Fsp3) is 0.471. The summed E-state index contributed by atoms with van der Waals surface area (Å²) in [5.41, 5.74) is 1.38. The highest BCUT2D eigenvalue weighted by atomic mass is 19.1. The number of carbonyl (C=O) groups is 1. The van der Waals surface area contributed by atoms with Crippen molar-refractivity contribution in [2.75, 3.05) is 6.61 Å². The molecule has 2 unspecified atom stereocenters. The summed E-state index contributed by atoms with van der Waals surface area (Å²) >= 11 is 0. The molecule has 0 spiro atoms. The maximum absolute atomic E-state index is 13.4. The minimum atomic E-state index is -0.308. The van der Waals surface area contributed by atoms with Gasteiger partial charge in [0.05, 0.1) is 13.0 Å². The first-order valence-corrected chi connectivity index (χ1v) is 7.67. The van der Waals surface area contributed by atoms with Crippen molar-refractivity contribution in [2.45, 2.75) is 38.6 Å². The number of amides is 1. The number of rotatable bonds is 4. The van der Waals surface area contributed by atoms with Gasteiger partial charge in [0.1, 0.15) is 5.82 Å². The molecule has 4 nitrogen and oxygen atoms in total. The number of aromatic amines is 1. The van der Waals surface area contributed by atoms with E-state index in [0.29, 0.717) is 0 Å². The Morgan fingerprint density at radius 3 is 3.14 bits per heavy atom. The van der Waals surface area contributed by atoms with Gasteiger partial charge in [-0.25, -0.2) is 4.39 Å². The zero-order valence-electron chi connectivity index (χ0n) is 12.7. The number of hydrogen-bond donors (Lipinski definition) is 3. The van der Waals surface area contributed by atoms with Crippen LogP contribution >= 0.6 is 0 Å². The summed E-state index contributed by atoms with van der Waals surface area (Å²) in [6.07, 6.45) is 4.80. The zero-order valence-corrected chi connectivity index (χ0v) is 12.7. The fourth-order valence-corrected chi connectivity index (χ4v) is 3.38. The highest BCUT2D eigenvalue weighted by Gasteiger charge is 2.39. The van der Waals surface area contributed by atoms with Crippen LogP contribution in [0, 0.1) is 11.2 Å². The van der Waals surface area contributed by atoms with Crippen LogP contribution in [0.4, 0.5) is 4.39 Å². The lowest BCUT2D eigenvalue weighted by Crippen LogP contribution is -2.45. The van der Waals surface area contributed by atoms with Crippen molar-refractivity contribution >= 4 is 16.8 Å². The number of hydrogen-bond acceptors (Lipinski definition) is 2. The largest absolute Gasteiger partial charge is 0.396 e. The van der Waals surface area contributed by atoms with Gasteiger partial charge >= 0.3 is 0 Å². The second-order valence-electron chi connectivity index (χ2n) is 6.51. The van der Waals surface area contributed by atoms with Crippen molar-refractivity contribution in [3.05, 3.63) is 35.8 Å². The van der Waals surface area contributed by atoms with E-state index in [2.05, 4.69) is 10.3 Å². The van der Waals surface area contributed by atoms with Gasteiger partial charge in [-0.05, 0) is 36.6 Å². The number of aliphatic hydroxyl groups is 1. The minimum absolute atomic E-state index is 0.00643. The van der Waals surface area contributed by atoms with Crippen molar-refractivity contribution in [1.29, 1.82) is 0 Å². The first kappa shape index (κ1) is 15.0. The number of benzene rings is 1. The molecule has 3 rings (SSSR count). The molecule has 1 fully saturated rings. The standard InChI is InChI=1S/C17H21FN2O2/c1-17(10-21)6-2-3-15(17)20-16(22)7-11-9-19-14-5-4-12(18)8-13(11)14/h4-5,8-9,15,19,21H,2-3,6-7,10H2,1H3,(H,20,22). The number of H-pyrrole nitrogens is 1. The molecule has 1 saturated carbocycles. The third-order valence-corrected chi connectivity index (χ3v) is 4.86. The van der Waals surface area contributed by atoms with Gasteiger partial charge in [0.2, 0.25) is 5.91 Å². The van der Waals surface area contributed by atoms with E-state index in [9.17, 15) is 14.3 Å². The molecule has 1 aliphatic carbocycles. The van der Waals surface area contributed by atoms with Crippen LogP contribution in [0.15, 0.2) is 24.4 Å². The third-order valence-electron chi connectivity index (χ3n) is 4.86. The van der Waals surface area contributed by atoms with E-state index >= 15 is 0 Å². The van der Waals surface area contributed by atoms with Gasteiger partial charge in [0, 0.05) is 28.6 Å². The Hall–Kier alpha value is -1.88. The molecule has 1 aromatic carbocycles. The Balaban J connectivity index is 1.72. The molecule has 22 heavy (non-hydrogen) atoms. The van der Waals surface area contributed by atoms with Crippen LogP contribution in [0.1, 0.15) is 31.7 Å². The molecule has 118 valence electrons. The maximum Gasteiger partial charge on any atom is 0.224 e. The molecule has 0 radical (unpaired) electrons. The lowest BCUT2D eigenvalue weighted by Gasteiger charge is -2.30. The van der Waals surface area contributed by atoms with E-state index in [4.69, 9.17) is 0 Å². The monoisotopic (exact) mass is 304 g/mol. The minimum Gasteiger partial charge on any atom is -0.396 e. The number of aliphatic hydroxyl groups excluding tert-OH is 1. The summed E-state index contributed by atoms with van der Waals surface area (Å²) < 4.78 is 13.4. The van der Waals surface area contributed by atoms with E-state index in [1.54, 1.807) is 12.3 Å². The van der Waals surface area contributed by atoms with E-state index in [-0.39, 0.29) is 36.2 Å². The summed E-state index contributed by atoms with van der Waals surface area (Å²) in [4.78, 5) is 15.4. The normalized spacial score (nSPS) is 24.8. The van der Waals surface area contributed by atoms with Gasteiger partial charge in [0.15, 0.2) is 0 Å². The lowest BCUT2D eigenvalue weighted by atomic mass is 9.85. The van der Waals surface area contributed by atoms with Crippen LogP contribution in [0.25, 0.3) is 10.9 Å². The number of carbonyl (C=O) groups excluding carboxylic acids is 1. The van der Waals surface area contributed by atoms with Crippen LogP contribution in [0.2, 0.25) is 0 Å². The summed E-state index contributed by atoms with van der Waals surface area (Å²) in [5.74, 6) is -0.394. The summed E-state index contributed by atoms with van der Waals surface area (Å²) in [5, 5.41) is 13.3. The van der Waals surface area contributed by atoms with Crippen molar-refractivity contribution < 1.29 is 14.3 Å². The van der Waals surface area contributed by atoms with E-state index in [1.807, 2.05) is 6.92 Å². The van der Waals surface area contributed by atoms with E-state index in [0.717, 1.165) is 35.7 Å². The maximum atomic E-state index is 13.4. The Labute approximate surface area is 128 Å². The van der Waals surface area contributed by atoms with Crippen molar-refractivity contribution in [3.8, 4) is 0 Å². The predicted molar refractivity (Wildman–Crippen MR) is 82.9 cm³/mol. The first-order valence-electron chi connectivity index (χ1n) is 7.67. The molecule has 1 aromatic heterocycles. The van der Waals surface area contributed by atoms with Gasteiger partial charge in [-0.3, -0.25) is 4.79 Å². The van der Waals surface area contributed by atoms with Gasteiger partial charge in [-0.1, -0.05) is 13.3 Å². The molecule has 2 atom stereocenters. The molecule has 0 bridgehead atoms. The number of halogens is 1. The highest BCUT2D eigenvalue weighted by molar-refractivity contribution is 5.89. The van der Waals surface area contributed by atoms with E-state index in [1.165, 1.54) is 12.1 Å². The second-order valence-corrected chi connectivity index (χ2v) is 6.51. The molecule has 3 N–H and O–H groups in total. The molecular weight excluding hydrogens is 283 g/mol. The quantitative estimate of drug-likeness (QED) is 0.812. The summed E-state index contributed by atoms with van der Waals surface area (Å²) in [7, 11) is 0. The average molecular weight is 304 g/mol. The Kier molecular flexibility index (Phi) is 3.91. The van der Waals surface area contributed by atoms with Gasteiger partial charge in [0.25, 0.3) is 0 Å². The SMILES string of the molecule is CC1(CO)CCCC1NC(=O)Cc1c[nH]c2ccc(F)cc12. The molecule has 1 heterocycles. The first-order chi connectivity index (χ1) is 10.5. The molecule has 1 amide bonds. The average Bonchev–Trinajstić information content (AvgIpc) is 3.04. The van der Waals surface area contributed by atoms with Gasteiger partial charge in [-0.15, -0.1) is 0 Å². The van der Waals surface area contributed by atoms with Gasteiger partial charge < -0.3 is 15.4 Å². The number of fused-ring (bicyclic) bond motifs is 1. The Morgan fingerprint density at radius 1 is 1.55 bits per heavy atom. The summed E-state index contributed by atoms with van der Waals surface area (Å²) in [6.45, 7) is 2.09. The summed E-state index contributed by atoms with van der Waals surface area (Å²) in [6, 6.07) is 4.52. The van der Waals surface area contributed by atoms with Crippen LogP contribution < -0.4 is 5.32 Å². The molecular formula is C17H21FN2O2. The fourth-order valence-electron chi connectivity index (χ4n) is 3.38. The highest BCUT2D eigenvalue weighted by Crippen LogP contribution is 2.37. The van der Waals surface area contributed by atoms with Gasteiger partial charge in [-0.2, -0.15) is 0 Å². The third kappa shape index (κ3) is 2.73. The van der Waals surface area contributed by atoms with Crippen molar-refractivity contribution in [2.24, 2.45) is 5.41 Å². The van der Waals surface area contributed by atoms with Crippen LogP contribution in [0.3, 0.4) is 0 Å². The Morgan fingerprint density at radius 2 is 2.36 bits per heavy atom. The second kappa shape index (κ2) is 5.72. The zero-order chi connectivity index (χ0) is 15.7. The molecule has 0 saturated heterocycles. The van der Waals surface area contributed by atoms with E-state index < -0.39 is 0 Å². The number of nitrogens with one attached hydrogen (secondary N) is 2. The smallest absolute Gasteiger partial charge is 0.224 e. The van der Waals surface area contributed by atoms with Crippen LogP contribution in [-0.2, 0) is 11.2 Å². The molecule has 1 aliphatic rings. The molecule has 2 aromatic rings. The molecule has 5 heteroatoms. The Bertz CT molecular complexity index is 697.